The molecule has 26 heavy (non-hydrogen) atoms. The van der Waals surface area contributed by atoms with Gasteiger partial charge < -0.3 is 10.1 Å². The predicted molar refractivity (Wildman–Crippen MR) is 93.7 cm³/mol. The Kier molecular flexibility index (Phi) is 5.69. The lowest BCUT2D eigenvalue weighted by Crippen LogP contribution is -2.25. The van der Waals surface area contributed by atoms with E-state index in [-0.39, 0.29) is 23.3 Å². The van der Waals surface area contributed by atoms with E-state index in [1.807, 2.05) is 6.08 Å². The van der Waals surface area contributed by atoms with Crippen molar-refractivity contribution in [2.24, 2.45) is 5.92 Å². The number of hydrogen-bond donors (Lipinski definition) is 1. The van der Waals surface area contributed by atoms with Gasteiger partial charge in [0.05, 0.1) is 5.69 Å². The fraction of sp³-hybridized carbons (Fsp3) is 0.450. The Morgan fingerprint density at radius 2 is 1.92 bits per heavy atom. The van der Waals surface area contributed by atoms with Gasteiger partial charge in [-0.3, -0.25) is 4.79 Å². The number of ether oxygens (including phenoxy) is 1. The lowest BCUT2D eigenvalue weighted by Gasteiger charge is -2.23. The number of carbonyl (C=O) groups excluding carboxylic acids is 1. The summed E-state index contributed by atoms with van der Waals surface area (Å²) >= 11 is 0. The van der Waals surface area contributed by atoms with Crippen molar-refractivity contribution in [1.82, 2.24) is 0 Å². The number of nitrogens with one attached hydrogen (secondary N) is 1. The van der Waals surface area contributed by atoms with Gasteiger partial charge in [-0.1, -0.05) is 37.5 Å². The van der Waals surface area contributed by atoms with Gasteiger partial charge in [0.2, 0.25) is 5.91 Å². The van der Waals surface area contributed by atoms with Crippen molar-refractivity contribution < 1.29 is 22.7 Å². The Morgan fingerprint density at radius 1 is 1.15 bits per heavy atom. The fourth-order valence-corrected chi connectivity index (χ4v) is 3.36. The molecule has 3 nitrogen and oxygen atoms in total. The molecule has 2 aliphatic rings. The van der Waals surface area contributed by atoms with Crippen LogP contribution in [-0.4, -0.2) is 5.91 Å². The van der Waals surface area contributed by atoms with E-state index in [2.05, 4.69) is 5.32 Å². The highest BCUT2D eigenvalue weighted by atomic mass is 19.4. The predicted octanol–water partition coefficient (Wildman–Crippen LogP) is 5.84. The molecule has 0 aliphatic heterocycles. The quantitative estimate of drug-likeness (QED) is 0.728. The van der Waals surface area contributed by atoms with E-state index in [0.717, 1.165) is 38.2 Å². The van der Waals surface area contributed by atoms with E-state index in [9.17, 15) is 18.0 Å². The average molecular weight is 365 g/mol. The lowest BCUT2D eigenvalue weighted by molar-refractivity contribution is -0.138. The molecule has 0 aromatic heterocycles. The number of amides is 1. The van der Waals surface area contributed by atoms with Crippen LogP contribution in [0.15, 0.2) is 42.2 Å². The lowest BCUT2D eigenvalue weighted by atomic mass is 9.88. The van der Waals surface area contributed by atoms with Crippen molar-refractivity contribution in [1.29, 1.82) is 0 Å². The topological polar surface area (TPSA) is 38.3 Å². The normalized spacial score (nSPS) is 18.3. The van der Waals surface area contributed by atoms with Crippen LogP contribution in [0.25, 0.3) is 0 Å². The Hall–Kier alpha value is -2.24. The number of rotatable bonds is 4. The standard InChI is InChI=1S/C20H22F3NO2/c21-20(22,23)16-12-7-13-17(18(16)26-15-10-5-2-6-11-15)24-19(25)14-8-3-1-4-9-14/h2,5,7,10,12-14H,1,3-4,6,8-9,11H2,(H,24,25). The number of benzene rings is 1. The Morgan fingerprint density at radius 3 is 2.58 bits per heavy atom. The maximum Gasteiger partial charge on any atom is 0.420 e. The third-order valence-electron chi connectivity index (χ3n) is 4.76. The molecule has 0 bridgehead atoms. The number of alkyl halides is 3. The van der Waals surface area contributed by atoms with Crippen LogP contribution in [0.4, 0.5) is 18.9 Å². The maximum atomic E-state index is 13.4. The molecule has 1 saturated carbocycles. The summed E-state index contributed by atoms with van der Waals surface area (Å²) in [6, 6.07) is 3.73. The molecule has 0 radical (unpaired) electrons. The molecular weight excluding hydrogens is 343 g/mol. The highest BCUT2D eigenvalue weighted by molar-refractivity contribution is 5.94. The molecule has 1 aromatic carbocycles. The number of allylic oxidation sites excluding steroid dienone is 4. The van der Waals surface area contributed by atoms with Gasteiger partial charge in [-0.2, -0.15) is 13.2 Å². The number of hydrogen-bond acceptors (Lipinski definition) is 2. The fourth-order valence-electron chi connectivity index (χ4n) is 3.36. The van der Waals surface area contributed by atoms with Crippen molar-refractivity contribution in [3.8, 4) is 5.75 Å². The largest absolute Gasteiger partial charge is 0.459 e. The molecule has 1 fully saturated rings. The molecule has 1 aromatic rings. The van der Waals surface area contributed by atoms with Crippen LogP contribution in [0.5, 0.6) is 5.75 Å². The molecule has 140 valence electrons. The smallest absolute Gasteiger partial charge is 0.420 e. The van der Waals surface area contributed by atoms with Gasteiger partial charge in [0.15, 0.2) is 5.75 Å². The monoisotopic (exact) mass is 365 g/mol. The molecule has 1 amide bonds. The van der Waals surface area contributed by atoms with Gasteiger partial charge in [-0.25, -0.2) is 0 Å². The highest BCUT2D eigenvalue weighted by Crippen LogP contribution is 2.42. The van der Waals surface area contributed by atoms with Gasteiger partial charge in [-0.15, -0.1) is 0 Å². The van der Waals surface area contributed by atoms with Crippen LogP contribution in [0, 0.1) is 5.92 Å². The summed E-state index contributed by atoms with van der Waals surface area (Å²) in [4.78, 5) is 12.5. The van der Waals surface area contributed by atoms with Crippen LogP contribution in [0.1, 0.15) is 50.5 Å². The minimum absolute atomic E-state index is 0.0749. The molecule has 6 heteroatoms. The van der Waals surface area contributed by atoms with Gasteiger partial charge in [0.25, 0.3) is 0 Å². The number of para-hydroxylation sites is 1. The molecule has 1 N–H and O–H groups in total. The first-order chi connectivity index (χ1) is 12.4. The molecule has 0 unspecified atom stereocenters. The molecule has 2 aliphatic carbocycles. The first-order valence-electron chi connectivity index (χ1n) is 9.00. The second-order valence-electron chi connectivity index (χ2n) is 6.71. The maximum absolute atomic E-state index is 13.4. The zero-order valence-electron chi connectivity index (χ0n) is 14.4. The third-order valence-corrected chi connectivity index (χ3v) is 4.76. The van der Waals surface area contributed by atoms with E-state index >= 15 is 0 Å². The molecule has 0 atom stereocenters. The minimum atomic E-state index is -4.56. The van der Waals surface area contributed by atoms with Crippen molar-refractivity contribution in [3.63, 3.8) is 0 Å². The summed E-state index contributed by atoms with van der Waals surface area (Å²) in [5, 5.41) is 2.67. The molecule has 3 rings (SSSR count). The Labute approximate surface area is 150 Å². The van der Waals surface area contributed by atoms with E-state index in [1.165, 1.54) is 12.1 Å². The first kappa shape index (κ1) is 18.5. The Balaban J connectivity index is 1.89. The van der Waals surface area contributed by atoms with Crippen molar-refractivity contribution in [2.75, 3.05) is 5.32 Å². The van der Waals surface area contributed by atoms with Gasteiger partial charge in [-0.05, 0) is 37.5 Å². The summed E-state index contributed by atoms with van der Waals surface area (Å²) in [6.45, 7) is 0. The summed E-state index contributed by atoms with van der Waals surface area (Å²) < 4.78 is 46.0. The summed E-state index contributed by atoms with van der Waals surface area (Å²) in [7, 11) is 0. The average Bonchev–Trinajstić information content (AvgIpc) is 2.64. The van der Waals surface area contributed by atoms with Crippen molar-refractivity contribution in [3.05, 3.63) is 47.7 Å². The second kappa shape index (κ2) is 7.98. The number of halogens is 3. The van der Waals surface area contributed by atoms with Crippen LogP contribution in [0.2, 0.25) is 0 Å². The summed E-state index contributed by atoms with van der Waals surface area (Å²) in [6.07, 6.45) is 6.62. The van der Waals surface area contributed by atoms with E-state index in [0.29, 0.717) is 18.6 Å². The van der Waals surface area contributed by atoms with Gasteiger partial charge >= 0.3 is 6.18 Å². The number of carbonyl (C=O) groups is 1. The summed E-state index contributed by atoms with van der Waals surface area (Å²) in [5.41, 5.74) is -0.805. The summed E-state index contributed by atoms with van der Waals surface area (Å²) in [5.74, 6) is -0.252. The van der Waals surface area contributed by atoms with Crippen LogP contribution < -0.4 is 10.1 Å². The zero-order valence-corrected chi connectivity index (χ0v) is 14.4. The SMILES string of the molecule is O=C(Nc1cccc(C(F)(F)F)c1OC1=CC=CCC1)C1CCCCC1. The van der Waals surface area contributed by atoms with Crippen molar-refractivity contribution in [2.45, 2.75) is 51.1 Å². The van der Waals surface area contributed by atoms with E-state index < -0.39 is 11.7 Å². The highest BCUT2D eigenvalue weighted by Gasteiger charge is 2.36. The second-order valence-corrected chi connectivity index (χ2v) is 6.71. The van der Waals surface area contributed by atoms with Crippen LogP contribution in [0.3, 0.4) is 0 Å². The first-order valence-corrected chi connectivity index (χ1v) is 9.00. The zero-order chi connectivity index (χ0) is 18.6. The van der Waals surface area contributed by atoms with Crippen LogP contribution in [-0.2, 0) is 11.0 Å². The Bertz CT molecular complexity index is 716. The van der Waals surface area contributed by atoms with E-state index in [1.54, 1.807) is 12.2 Å². The number of anilines is 1. The third kappa shape index (κ3) is 4.48. The van der Waals surface area contributed by atoms with Gasteiger partial charge in [0, 0.05) is 12.3 Å². The minimum Gasteiger partial charge on any atom is -0.459 e. The molecule has 0 saturated heterocycles. The van der Waals surface area contributed by atoms with Crippen LogP contribution >= 0.6 is 0 Å². The molecule has 0 spiro atoms. The molecular formula is C20H22F3NO2. The molecule has 0 heterocycles. The van der Waals surface area contributed by atoms with Gasteiger partial charge in [0.1, 0.15) is 11.3 Å². The van der Waals surface area contributed by atoms with E-state index in [4.69, 9.17) is 4.74 Å². The van der Waals surface area contributed by atoms with Crippen molar-refractivity contribution >= 4 is 11.6 Å².